The van der Waals surface area contributed by atoms with Gasteiger partial charge in [-0.15, -0.1) is 0 Å². The van der Waals surface area contributed by atoms with Crippen molar-refractivity contribution in [2.75, 3.05) is 13.2 Å². The molecule has 17 heavy (non-hydrogen) atoms. The number of hydrogen-bond donors (Lipinski definition) is 1. The smallest absolute Gasteiger partial charge is 0.0739 e. The first-order chi connectivity index (χ1) is 8.34. The predicted octanol–water partition coefficient (Wildman–Crippen LogP) is 2.74. The van der Waals surface area contributed by atoms with Gasteiger partial charge in [-0.1, -0.05) is 36.4 Å². The van der Waals surface area contributed by atoms with E-state index in [1.807, 2.05) is 0 Å². The van der Waals surface area contributed by atoms with Crippen molar-refractivity contribution in [3.63, 3.8) is 0 Å². The second-order valence-corrected chi connectivity index (χ2v) is 4.65. The summed E-state index contributed by atoms with van der Waals surface area (Å²) in [5.41, 5.74) is 5.29. The summed E-state index contributed by atoms with van der Waals surface area (Å²) >= 11 is 0. The molecule has 1 N–H and O–H groups in total. The van der Waals surface area contributed by atoms with Gasteiger partial charge in [-0.05, 0) is 24.5 Å². The molecule has 0 saturated carbocycles. The fourth-order valence-corrected chi connectivity index (χ4v) is 2.54. The Morgan fingerprint density at radius 1 is 1.24 bits per heavy atom. The molecule has 1 aromatic rings. The molecule has 2 aliphatic heterocycles. The van der Waals surface area contributed by atoms with Crippen molar-refractivity contribution in [2.24, 2.45) is 0 Å². The van der Waals surface area contributed by atoms with Gasteiger partial charge in [0, 0.05) is 17.3 Å². The van der Waals surface area contributed by atoms with Crippen LogP contribution >= 0.6 is 0 Å². The summed E-state index contributed by atoms with van der Waals surface area (Å²) in [6.07, 6.45) is 3.36. The van der Waals surface area contributed by atoms with Crippen LogP contribution in [0.5, 0.6) is 0 Å². The number of hydrogen-bond acceptors (Lipinski definition) is 2. The standard InChI is InChI=1S/C15H17NO/c1-11-9-13-7-8-17-10-14(13)15(16-11)12-5-3-2-4-6-12/h2-6,9,11,16H,7-8,10H2,1H3. The van der Waals surface area contributed by atoms with Crippen LogP contribution in [-0.2, 0) is 4.74 Å². The molecular weight excluding hydrogens is 210 g/mol. The molecule has 0 bridgehead atoms. The molecule has 0 spiro atoms. The van der Waals surface area contributed by atoms with Gasteiger partial charge in [-0.25, -0.2) is 0 Å². The van der Waals surface area contributed by atoms with Crippen LogP contribution in [0.1, 0.15) is 18.9 Å². The first-order valence-corrected chi connectivity index (χ1v) is 6.18. The van der Waals surface area contributed by atoms with E-state index in [0.29, 0.717) is 6.04 Å². The monoisotopic (exact) mass is 227 g/mol. The van der Waals surface area contributed by atoms with Gasteiger partial charge in [0.25, 0.3) is 0 Å². The van der Waals surface area contributed by atoms with Crippen LogP contribution in [0.4, 0.5) is 0 Å². The molecule has 2 heteroatoms. The topological polar surface area (TPSA) is 21.3 Å². The molecule has 88 valence electrons. The van der Waals surface area contributed by atoms with E-state index in [0.717, 1.165) is 19.6 Å². The summed E-state index contributed by atoms with van der Waals surface area (Å²) in [6.45, 7) is 3.78. The van der Waals surface area contributed by atoms with E-state index in [9.17, 15) is 0 Å². The van der Waals surface area contributed by atoms with Gasteiger partial charge in [0.2, 0.25) is 0 Å². The third-order valence-electron chi connectivity index (χ3n) is 3.34. The van der Waals surface area contributed by atoms with Crippen LogP contribution in [0.25, 0.3) is 5.70 Å². The molecule has 1 aromatic carbocycles. The van der Waals surface area contributed by atoms with Crippen LogP contribution in [-0.4, -0.2) is 19.3 Å². The molecule has 2 heterocycles. The fourth-order valence-electron chi connectivity index (χ4n) is 2.54. The highest BCUT2D eigenvalue weighted by molar-refractivity contribution is 5.73. The van der Waals surface area contributed by atoms with Crippen LogP contribution < -0.4 is 5.32 Å². The number of benzene rings is 1. The van der Waals surface area contributed by atoms with E-state index >= 15 is 0 Å². The molecule has 0 aliphatic carbocycles. The average molecular weight is 227 g/mol. The van der Waals surface area contributed by atoms with Gasteiger partial charge in [0.15, 0.2) is 0 Å². The highest BCUT2D eigenvalue weighted by Crippen LogP contribution is 2.31. The summed E-state index contributed by atoms with van der Waals surface area (Å²) in [5, 5.41) is 3.56. The lowest BCUT2D eigenvalue weighted by atomic mass is 9.91. The van der Waals surface area contributed by atoms with Crippen molar-refractivity contribution >= 4 is 5.70 Å². The summed E-state index contributed by atoms with van der Waals surface area (Å²) < 4.78 is 5.59. The Morgan fingerprint density at radius 3 is 2.88 bits per heavy atom. The molecule has 1 fully saturated rings. The normalized spacial score (nSPS) is 23.8. The first kappa shape index (κ1) is 10.6. The van der Waals surface area contributed by atoms with Gasteiger partial charge < -0.3 is 10.1 Å². The molecule has 1 unspecified atom stereocenters. The molecule has 2 aliphatic rings. The maximum Gasteiger partial charge on any atom is 0.0739 e. The van der Waals surface area contributed by atoms with Crippen LogP contribution in [0, 0.1) is 0 Å². The van der Waals surface area contributed by atoms with Gasteiger partial charge in [0.1, 0.15) is 0 Å². The quantitative estimate of drug-likeness (QED) is 0.796. The highest BCUT2D eigenvalue weighted by Gasteiger charge is 2.22. The molecule has 2 nitrogen and oxygen atoms in total. The molecule has 0 radical (unpaired) electrons. The van der Waals surface area contributed by atoms with E-state index in [1.165, 1.54) is 22.4 Å². The summed E-state index contributed by atoms with van der Waals surface area (Å²) in [4.78, 5) is 0. The van der Waals surface area contributed by atoms with Gasteiger partial charge in [0.05, 0.1) is 13.2 Å². The zero-order chi connectivity index (χ0) is 11.7. The van der Waals surface area contributed by atoms with Crippen LogP contribution in [0.3, 0.4) is 0 Å². The van der Waals surface area contributed by atoms with Crippen molar-refractivity contribution in [3.8, 4) is 0 Å². The van der Waals surface area contributed by atoms with Crippen molar-refractivity contribution in [2.45, 2.75) is 19.4 Å². The molecule has 0 amide bonds. The third kappa shape index (κ3) is 2.01. The number of fused-ring (bicyclic) bond motifs is 1. The third-order valence-corrected chi connectivity index (χ3v) is 3.34. The zero-order valence-electron chi connectivity index (χ0n) is 10.1. The average Bonchev–Trinajstić information content (AvgIpc) is 2.39. The minimum Gasteiger partial charge on any atom is -0.378 e. The second-order valence-electron chi connectivity index (χ2n) is 4.65. The lowest BCUT2D eigenvalue weighted by Crippen LogP contribution is -2.31. The molecule has 3 rings (SSSR count). The van der Waals surface area contributed by atoms with Crippen molar-refractivity contribution < 1.29 is 4.74 Å². The van der Waals surface area contributed by atoms with E-state index in [4.69, 9.17) is 4.74 Å². The zero-order valence-corrected chi connectivity index (χ0v) is 10.1. The van der Waals surface area contributed by atoms with Crippen LogP contribution in [0.2, 0.25) is 0 Å². The van der Waals surface area contributed by atoms with Gasteiger partial charge in [-0.2, -0.15) is 0 Å². The summed E-state index contributed by atoms with van der Waals surface area (Å²) in [6, 6.07) is 10.9. The lowest BCUT2D eigenvalue weighted by molar-refractivity contribution is 0.145. The summed E-state index contributed by atoms with van der Waals surface area (Å²) in [7, 11) is 0. The van der Waals surface area contributed by atoms with Crippen molar-refractivity contribution in [1.29, 1.82) is 0 Å². The van der Waals surface area contributed by atoms with E-state index in [2.05, 4.69) is 48.6 Å². The maximum absolute atomic E-state index is 5.59. The number of rotatable bonds is 1. The van der Waals surface area contributed by atoms with Gasteiger partial charge in [-0.3, -0.25) is 0 Å². The highest BCUT2D eigenvalue weighted by atomic mass is 16.5. The molecule has 1 saturated heterocycles. The van der Waals surface area contributed by atoms with Crippen molar-refractivity contribution in [3.05, 3.63) is 53.1 Å². The maximum atomic E-state index is 5.59. The summed E-state index contributed by atoms with van der Waals surface area (Å²) in [5.74, 6) is 0. The SMILES string of the molecule is CC1C=C2CCOCC2=C(c2ccccc2)N1. The van der Waals surface area contributed by atoms with Crippen LogP contribution in [0.15, 0.2) is 47.6 Å². The number of dihydropyridines is 1. The Kier molecular flexibility index (Phi) is 2.73. The Hall–Kier alpha value is -1.54. The fraction of sp³-hybridized carbons (Fsp3) is 0.333. The van der Waals surface area contributed by atoms with Gasteiger partial charge >= 0.3 is 0 Å². The number of ether oxygens (including phenoxy) is 1. The molecular formula is C15H17NO. The molecule has 0 aromatic heterocycles. The molecule has 1 atom stereocenters. The van der Waals surface area contributed by atoms with E-state index < -0.39 is 0 Å². The lowest BCUT2D eigenvalue weighted by Gasteiger charge is -2.30. The predicted molar refractivity (Wildman–Crippen MR) is 69.5 cm³/mol. The van der Waals surface area contributed by atoms with Crippen molar-refractivity contribution in [1.82, 2.24) is 5.32 Å². The minimum absolute atomic E-state index is 0.405. The number of nitrogens with one attached hydrogen (secondary N) is 1. The Balaban J connectivity index is 2.06. The minimum atomic E-state index is 0.405. The van der Waals surface area contributed by atoms with E-state index in [1.54, 1.807) is 0 Å². The largest absolute Gasteiger partial charge is 0.378 e. The van der Waals surface area contributed by atoms with E-state index in [-0.39, 0.29) is 0 Å². The second kappa shape index (κ2) is 4.38. The Morgan fingerprint density at radius 2 is 2.06 bits per heavy atom. The first-order valence-electron chi connectivity index (χ1n) is 6.18. The Labute approximate surface area is 102 Å². The Bertz CT molecular complexity index is 473.